The highest BCUT2D eigenvalue weighted by Crippen LogP contribution is 2.41. The maximum Gasteiger partial charge on any atom is 0.0541 e. The third-order valence-electron chi connectivity index (χ3n) is 14.4. The normalized spacial score (nSPS) is 14.8. The molecule has 2 aliphatic rings. The zero-order valence-electron chi connectivity index (χ0n) is 38.3. The Morgan fingerprint density at radius 3 is 1.48 bits per heavy atom. The van der Waals surface area contributed by atoms with Gasteiger partial charge in [0.05, 0.1) is 22.1 Å². The molecule has 9 aromatic carbocycles. The fourth-order valence-corrected chi connectivity index (χ4v) is 11.0. The number of rotatable bonds is 9. The highest BCUT2D eigenvalue weighted by Gasteiger charge is 2.21. The summed E-state index contributed by atoms with van der Waals surface area (Å²) >= 11 is 0. The van der Waals surface area contributed by atoms with Crippen molar-refractivity contribution in [3.8, 4) is 22.5 Å². The topological polar surface area (TPSA) is 13.1 Å². The van der Waals surface area contributed by atoms with E-state index in [-0.39, 0.29) is 0 Å². The van der Waals surface area contributed by atoms with Gasteiger partial charge in [-0.3, -0.25) is 0 Å². The first kappa shape index (κ1) is 40.6. The van der Waals surface area contributed by atoms with Gasteiger partial charge in [-0.1, -0.05) is 164 Å². The van der Waals surface area contributed by atoms with Gasteiger partial charge in [0.25, 0.3) is 0 Å². The molecule has 3 nitrogen and oxygen atoms in total. The third-order valence-corrected chi connectivity index (χ3v) is 14.4. The summed E-state index contributed by atoms with van der Waals surface area (Å²) in [7, 11) is 0. The molecule has 2 heterocycles. The number of hydrogen-bond acceptors (Lipinski definition) is 1. The number of fused-ring (bicyclic) bond motifs is 6. The molecule has 2 aliphatic carbocycles. The van der Waals surface area contributed by atoms with Crippen molar-refractivity contribution in [2.24, 2.45) is 0 Å². The van der Waals surface area contributed by atoms with Gasteiger partial charge in [0.2, 0.25) is 0 Å². The lowest BCUT2D eigenvalue weighted by atomic mass is 9.88. The Bertz CT molecular complexity index is 3830. The Morgan fingerprint density at radius 1 is 0.391 bits per heavy atom. The molecule has 69 heavy (non-hydrogen) atoms. The lowest BCUT2D eigenvalue weighted by Gasteiger charge is -2.30. The fourth-order valence-electron chi connectivity index (χ4n) is 11.0. The number of anilines is 2. The fraction of sp³-hybridized carbons (Fsp3) is 0.0606. The molecular weight excluding hydrogens is 835 g/mol. The number of para-hydroxylation sites is 5. The van der Waals surface area contributed by atoms with E-state index < -0.39 is 0 Å². The van der Waals surface area contributed by atoms with Gasteiger partial charge in [-0.25, -0.2) is 0 Å². The molecular formula is C66H49N3. The summed E-state index contributed by atoms with van der Waals surface area (Å²) in [6.07, 6.45) is 14.7. The highest BCUT2D eigenvalue weighted by atomic mass is 15.1. The molecule has 3 heteroatoms. The van der Waals surface area contributed by atoms with Crippen molar-refractivity contribution < 1.29 is 0 Å². The van der Waals surface area contributed by atoms with Crippen molar-refractivity contribution in [1.82, 2.24) is 9.13 Å². The molecule has 0 amide bonds. The first-order valence-electron chi connectivity index (χ1n) is 24.2. The number of aromatic nitrogens is 2. The largest absolute Gasteiger partial charge is 0.314 e. The SMILES string of the molecule is C1=CC(c2ccc(N(C3=CC=C(c4ccc(-c5ccc6c(c5)c5ccccc5n6-c5ccccc5)cc4)CC3)c3ccccc3)cc2)CC=C1c1ccc2c(c1)c1ccccc1n2-c1ccccc1. The van der Waals surface area contributed by atoms with Crippen molar-refractivity contribution >= 4 is 66.1 Å². The second kappa shape index (κ2) is 17.2. The van der Waals surface area contributed by atoms with Gasteiger partial charge >= 0.3 is 0 Å². The van der Waals surface area contributed by atoms with Crippen LogP contribution in [0.25, 0.3) is 77.3 Å². The Balaban J connectivity index is 0.735. The van der Waals surface area contributed by atoms with Crippen LogP contribution in [0.15, 0.2) is 261 Å². The van der Waals surface area contributed by atoms with Crippen molar-refractivity contribution in [3.63, 3.8) is 0 Å². The zero-order valence-corrected chi connectivity index (χ0v) is 38.3. The second-order valence-corrected chi connectivity index (χ2v) is 18.4. The molecule has 328 valence electrons. The lowest BCUT2D eigenvalue weighted by molar-refractivity contribution is 0.856. The van der Waals surface area contributed by atoms with Crippen LogP contribution in [0.3, 0.4) is 0 Å². The Labute approximate surface area is 403 Å². The number of allylic oxidation sites excluding steroid dienone is 8. The van der Waals surface area contributed by atoms with E-state index >= 15 is 0 Å². The van der Waals surface area contributed by atoms with Gasteiger partial charge in [0, 0.05) is 55.9 Å². The van der Waals surface area contributed by atoms with E-state index in [9.17, 15) is 0 Å². The van der Waals surface area contributed by atoms with E-state index in [0.29, 0.717) is 5.92 Å². The maximum absolute atomic E-state index is 2.44. The van der Waals surface area contributed by atoms with Gasteiger partial charge in [-0.15, -0.1) is 0 Å². The molecule has 0 saturated carbocycles. The molecule has 13 rings (SSSR count). The average molecular weight is 884 g/mol. The predicted octanol–water partition coefficient (Wildman–Crippen LogP) is 17.6. The first-order chi connectivity index (χ1) is 34.2. The molecule has 2 aromatic heterocycles. The average Bonchev–Trinajstić information content (AvgIpc) is 3.94. The molecule has 0 radical (unpaired) electrons. The van der Waals surface area contributed by atoms with Crippen molar-refractivity contribution in [2.45, 2.75) is 25.2 Å². The Morgan fingerprint density at radius 2 is 0.899 bits per heavy atom. The smallest absolute Gasteiger partial charge is 0.0541 e. The summed E-state index contributed by atoms with van der Waals surface area (Å²) in [6, 6.07) is 82.0. The minimum absolute atomic E-state index is 0.326. The lowest BCUT2D eigenvalue weighted by Crippen LogP contribution is -2.18. The minimum Gasteiger partial charge on any atom is -0.314 e. The molecule has 1 unspecified atom stereocenters. The van der Waals surface area contributed by atoms with E-state index in [4.69, 9.17) is 0 Å². The Hall–Kier alpha value is -8.66. The van der Waals surface area contributed by atoms with Gasteiger partial charge in [-0.2, -0.15) is 0 Å². The number of hydrogen-bond donors (Lipinski definition) is 0. The van der Waals surface area contributed by atoms with E-state index in [1.54, 1.807) is 0 Å². The molecule has 0 aliphatic heterocycles. The van der Waals surface area contributed by atoms with Crippen molar-refractivity contribution in [1.29, 1.82) is 0 Å². The number of nitrogens with zero attached hydrogens (tertiary/aromatic N) is 3. The Kier molecular flexibility index (Phi) is 10.1. The third kappa shape index (κ3) is 7.31. The number of benzene rings is 9. The second-order valence-electron chi connectivity index (χ2n) is 18.4. The molecule has 1 atom stereocenters. The van der Waals surface area contributed by atoms with Gasteiger partial charge < -0.3 is 14.0 Å². The van der Waals surface area contributed by atoms with Gasteiger partial charge in [0.1, 0.15) is 0 Å². The first-order valence-corrected chi connectivity index (χ1v) is 24.2. The van der Waals surface area contributed by atoms with Crippen molar-refractivity contribution in [2.75, 3.05) is 4.90 Å². The summed E-state index contributed by atoms with van der Waals surface area (Å²) in [5, 5.41) is 5.11. The molecule has 0 bridgehead atoms. The molecule has 0 saturated heterocycles. The zero-order chi connectivity index (χ0) is 45.7. The van der Waals surface area contributed by atoms with Crippen LogP contribution in [-0.2, 0) is 0 Å². The summed E-state index contributed by atoms with van der Waals surface area (Å²) < 4.78 is 4.75. The van der Waals surface area contributed by atoms with Crippen LogP contribution < -0.4 is 4.90 Å². The van der Waals surface area contributed by atoms with E-state index in [0.717, 1.165) is 19.3 Å². The van der Waals surface area contributed by atoms with E-state index in [2.05, 4.69) is 269 Å². The predicted molar refractivity (Wildman–Crippen MR) is 292 cm³/mol. The quantitative estimate of drug-likeness (QED) is 0.141. The van der Waals surface area contributed by atoms with E-state index in [1.807, 2.05) is 0 Å². The van der Waals surface area contributed by atoms with Crippen molar-refractivity contribution in [3.05, 3.63) is 277 Å². The molecule has 0 spiro atoms. The molecule has 0 N–H and O–H groups in total. The molecule has 0 fully saturated rings. The van der Waals surface area contributed by atoms with Gasteiger partial charge in [0.15, 0.2) is 0 Å². The summed E-state index contributed by atoms with van der Waals surface area (Å²) in [5.41, 5.74) is 19.9. The van der Waals surface area contributed by atoms with Crippen LogP contribution in [0.4, 0.5) is 11.4 Å². The van der Waals surface area contributed by atoms with Crippen LogP contribution in [0, 0.1) is 0 Å². The van der Waals surface area contributed by atoms with Crippen LogP contribution in [0.2, 0.25) is 0 Å². The highest BCUT2D eigenvalue weighted by molar-refractivity contribution is 6.11. The molecule has 11 aromatic rings. The summed E-state index contributed by atoms with van der Waals surface area (Å²) in [5.74, 6) is 0.326. The monoisotopic (exact) mass is 883 g/mol. The van der Waals surface area contributed by atoms with Crippen LogP contribution in [-0.4, -0.2) is 9.13 Å². The minimum atomic E-state index is 0.326. The standard InChI is InChI=1S/C66H49N3/c1-4-14-54(15-5-1)67(57-38-32-48(33-39-57)46-24-28-50(29-25-46)52-36-42-65-61(44-52)59-20-10-12-22-63(59)68(65)55-16-6-2-7-17-55)58-40-34-49(35-41-58)47-26-30-51(31-27-47)53-37-43-66-62(45-53)60-21-11-13-23-64(60)69(66)56-18-8-3-9-19-56/h1-26,28-32,34-38,40-45,47H,27,33,39H2. The van der Waals surface area contributed by atoms with Crippen LogP contribution in [0.5, 0.6) is 0 Å². The summed E-state index contributed by atoms with van der Waals surface area (Å²) in [4.78, 5) is 2.44. The van der Waals surface area contributed by atoms with Crippen LogP contribution >= 0.6 is 0 Å². The van der Waals surface area contributed by atoms with Crippen LogP contribution in [0.1, 0.15) is 41.9 Å². The van der Waals surface area contributed by atoms with E-state index in [1.165, 1.54) is 111 Å². The summed E-state index contributed by atoms with van der Waals surface area (Å²) in [6.45, 7) is 0. The van der Waals surface area contributed by atoms with Gasteiger partial charge in [-0.05, 0) is 149 Å². The maximum atomic E-state index is 2.44.